The Kier molecular flexibility index (Phi) is 6.28. The molecule has 84 valence electrons. The van der Waals surface area contributed by atoms with Gasteiger partial charge < -0.3 is 6.42 Å². The van der Waals surface area contributed by atoms with Crippen molar-refractivity contribution in [1.29, 1.82) is 0 Å². The zero-order valence-corrected chi connectivity index (χ0v) is 12.4. The largest absolute Gasteiger partial charge is 0.328 e. The van der Waals surface area contributed by atoms with Crippen LogP contribution in [0.2, 0.25) is 0 Å². The third kappa shape index (κ3) is 3.42. The van der Waals surface area contributed by atoms with Gasteiger partial charge in [-0.15, -0.1) is 0 Å². The van der Waals surface area contributed by atoms with E-state index in [1.807, 2.05) is 0 Å². The Morgan fingerprint density at radius 3 is 2.81 bits per heavy atom. The van der Waals surface area contributed by atoms with Crippen molar-refractivity contribution in [2.75, 3.05) is 0 Å². The summed E-state index contributed by atoms with van der Waals surface area (Å²) in [4.78, 5) is 0. The van der Waals surface area contributed by atoms with Gasteiger partial charge in [-0.25, -0.2) is 0 Å². The van der Waals surface area contributed by atoms with E-state index in [9.17, 15) is 0 Å². The smallest absolute Gasteiger partial charge is 0.000297 e. The van der Waals surface area contributed by atoms with E-state index in [1.54, 1.807) is 0 Å². The van der Waals surface area contributed by atoms with Gasteiger partial charge in [-0.1, -0.05) is 56.2 Å². The first kappa shape index (κ1) is 13.9. The molecule has 1 aliphatic carbocycles. The summed E-state index contributed by atoms with van der Waals surface area (Å²) in [6.07, 6.45) is 12.1. The monoisotopic (exact) mass is 289 g/mol. The maximum Gasteiger partial charge on any atom is 0.000297 e. The van der Waals surface area contributed by atoms with Gasteiger partial charge in [0.1, 0.15) is 0 Å². The van der Waals surface area contributed by atoms with Crippen molar-refractivity contribution < 1.29 is 26.2 Å². The number of rotatable bonds is 5. The zero-order chi connectivity index (χ0) is 10.5. The molecule has 16 heavy (non-hydrogen) atoms. The molecule has 0 bridgehead atoms. The van der Waals surface area contributed by atoms with Crippen LogP contribution in [-0.4, -0.2) is 0 Å². The van der Waals surface area contributed by atoms with Gasteiger partial charge in [-0.3, -0.25) is 0 Å². The second-order valence-corrected chi connectivity index (χ2v) is 4.25. The normalized spacial score (nSPS) is 16.9. The van der Waals surface area contributed by atoms with E-state index < -0.39 is 0 Å². The molecule has 0 aromatic heterocycles. The Bertz CT molecular complexity index is 341. The number of hydrogen-bond acceptors (Lipinski definition) is 0. The maximum atomic E-state index is 2.43. The van der Waals surface area contributed by atoms with Crippen molar-refractivity contribution in [1.82, 2.24) is 0 Å². The van der Waals surface area contributed by atoms with E-state index >= 15 is 0 Å². The molecule has 2 rings (SSSR count). The third-order valence-electron chi connectivity index (χ3n) is 3.08. The Labute approximate surface area is 118 Å². The van der Waals surface area contributed by atoms with E-state index in [2.05, 4.69) is 49.8 Å². The van der Waals surface area contributed by atoms with Gasteiger partial charge in [0, 0.05) is 32.1 Å². The predicted molar refractivity (Wildman–Crippen MR) is 66.7 cm³/mol. The third-order valence-corrected chi connectivity index (χ3v) is 3.08. The van der Waals surface area contributed by atoms with Gasteiger partial charge in [0.25, 0.3) is 0 Å². The summed E-state index contributed by atoms with van der Waals surface area (Å²) in [6.45, 7) is 2.24. The molecule has 1 aliphatic rings. The van der Waals surface area contributed by atoms with Crippen LogP contribution in [0.25, 0.3) is 6.08 Å². The van der Waals surface area contributed by atoms with Gasteiger partial charge in [0.2, 0.25) is 0 Å². The molecule has 0 radical (unpaired) electrons. The fraction of sp³-hybridized carbons (Fsp3) is 0.400. The summed E-state index contributed by atoms with van der Waals surface area (Å²) in [7, 11) is 0. The van der Waals surface area contributed by atoms with Gasteiger partial charge >= 0.3 is 0 Å². The molecule has 1 aromatic rings. The summed E-state index contributed by atoms with van der Waals surface area (Å²) in [6, 6.07) is 8.74. The molecule has 0 saturated heterocycles. The van der Waals surface area contributed by atoms with Crippen LogP contribution in [0.15, 0.2) is 30.3 Å². The molecular weight excluding hydrogens is 271 g/mol. The average Bonchev–Trinajstić information content (AvgIpc) is 2.68. The molecule has 0 N–H and O–H groups in total. The molecule has 1 heteroatoms. The fourth-order valence-electron chi connectivity index (χ4n) is 2.22. The predicted octanol–water partition coefficient (Wildman–Crippen LogP) is 4.58. The van der Waals surface area contributed by atoms with E-state index in [4.69, 9.17) is 0 Å². The van der Waals surface area contributed by atoms with Gasteiger partial charge in [-0.05, 0) is 11.1 Å². The van der Waals surface area contributed by atoms with Crippen molar-refractivity contribution in [3.05, 3.63) is 47.9 Å². The van der Waals surface area contributed by atoms with Crippen molar-refractivity contribution in [3.63, 3.8) is 0 Å². The van der Waals surface area contributed by atoms with Gasteiger partial charge in [0.05, 0.1) is 0 Å². The first-order valence-electron chi connectivity index (χ1n) is 6.00. The summed E-state index contributed by atoms with van der Waals surface area (Å²) in [5.74, 6) is 0.661. The molecule has 0 heterocycles. The molecular formula is C15H19Zr-. The minimum atomic E-state index is 0. The van der Waals surface area contributed by atoms with E-state index in [0.29, 0.717) is 5.92 Å². The van der Waals surface area contributed by atoms with Gasteiger partial charge in [-0.2, -0.15) is 12.8 Å². The molecule has 0 saturated carbocycles. The molecule has 1 atom stereocenters. The van der Waals surface area contributed by atoms with Crippen LogP contribution >= 0.6 is 0 Å². The molecule has 0 amide bonds. The Morgan fingerprint density at radius 2 is 2.00 bits per heavy atom. The minimum absolute atomic E-state index is 0. The topological polar surface area (TPSA) is 0 Å². The molecule has 0 fully saturated rings. The Balaban J connectivity index is 0.00000128. The summed E-state index contributed by atoms with van der Waals surface area (Å²) in [5, 5.41) is 0. The van der Waals surface area contributed by atoms with E-state index in [0.717, 1.165) is 0 Å². The Hall–Kier alpha value is -0.157. The molecule has 0 spiro atoms. The fourth-order valence-corrected chi connectivity index (χ4v) is 2.22. The van der Waals surface area contributed by atoms with Crippen LogP contribution in [0.3, 0.4) is 0 Å². The van der Waals surface area contributed by atoms with Crippen molar-refractivity contribution in [2.45, 2.75) is 38.5 Å². The molecule has 1 aromatic carbocycles. The summed E-state index contributed by atoms with van der Waals surface area (Å²) in [5.41, 5.74) is 2.93. The number of benzene rings is 1. The first-order valence-corrected chi connectivity index (χ1v) is 6.00. The SMILES string of the molecule is CCC[CH-]CCC1C=Cc2ccccc21.[Zr]. The summed E-state index contributed by atoms with van der Waals surface area (Å²) >= 11 is 0. The van der Waals surface area contributed by atoms with Crippen LogP contribution in [0, 0.1) is 6.42 Å². The molecule has 0 aliphatic heterocycles. The zero-order valence-electron chi connectivity index (χ0n) is 9.95. The average molecular weight is 291 g/mol. The quantitative estimate of drug-likeness (QED) is 0.550. The van der Waals surface area contributed by atoms with Crippen LogP contribution in [0.5, 0.6) is 0 Å². The molecule has 1 unspecified atom stereocenters. The van der Waals surface area contributed by atoms with Crippen LogP contribution < -0.4 is 0 Å². The minimum Gasteiger partial charge on any atom is -0.328 e. The number of hydrogen-bond donors (Lipinski definition) is 0. The maximum absolute atomic E-state index is 2.43. The second-order valence-electron chi connectivity index (χ2n) is 4.25. The van der Waals surface area contributed by atoms with Crippen LogP contribution in [0.4, 0.5) is 0 Å². The van der Waals surface area contributed by atoms with Crippen LogP contribution in [0.1, 0.15) is 49.7 Å². The van der Waals surface area contributed by atoms with Gasteiger partial charge in [0.15, 0.2) is 0 Å². The number of fused-ring (bicyclic) bond motifs is 1. The van der Waals surface area contributed by atoms with Crippen molar-refractivity contribution in [2.24, 2.45) is 0 Å². The summed E-state index contributed by atoms with van der Waals surface area (Å²) < 4.78 is 0. The van der Waals surface area contributed by atoms with Crippen LogP contribution in [-0.2, 0) is 26.2 Å². The van der Waals surface area contributed by atoms with Crippen molar-refractivity contribution >= 4 is 6.08 Å². The standard InChI is InChI=1S/C15H19.Zr/c1-2-3-4-5-8-13-11-12-14-9-6-7-10-15(13)14;/h4,6-7,9-13H,2-3,5,8H2,1H3;/q-1;. The molecule has 0 nitrogen and oxygen atoms in total. The first-order chi connectivity index (χ1) is 7.42. The van der Waals surface area contributed by atoms with E-state index in [1.165, 1.54) is 36.8 Å². The number of unbranched alkanes of at least 4 members (excludes halogenated alkanes) is 3. The Morgan fingerprint density at radius 1 is 1.19 bits per heavy atom. The van der Waals surface area contributed by atoms with Crippen molar-refractivity contribution in [3.8, 4) is 0 Å². The second kappa shape index (κ2) is 7.22. The van der Waals surface area contributed by atoms with E-state index in [-0.39, 0.29) is 26.2 Å². The number of allylic oxidation sites excluding steroid dienone is 1.